The van der Waals surface area contributed by atoms with Gasteiger partial charge in [0.1, 0.15) is 0 Å². The molecule has 14 heavy (non-hydrogen) atoms. The summed E-state index contributed by atoms with van der Waals surface area (Å²) in [4.78, 5) is 0. The quantitative estimate of drug-likeness (QED) is 0.750. The maximum atomic E-state index is 8.80. The molecule has 0 N–H and O–H groups in total. The van der Waals surface area contributed by atoms with Crippen molar-refractivity contribution in [2.75, 3.05) is 0 Å². The summed E-state index contributed by atoms with van der Waals surface area (Å²) in [6.07, 6.45) is 0.924. The first-order valence-corrected chi connectivity index (χ1v) is 5.88. The molecule has 0 aliphatic heterocycles. The minimum atomic E-state index is 0.134. The molecule has 74 valence electrons. The van der Waals surface area contributed by atoms with Gasteiger partial charge in [0, 0.05) is 5.75 Å². The number of nitrogens with zero attached hydrogens (tertiary/aromatic N) is 1. The molecule has 1 unspecified atom stereocenters. The van der Waals surface area contributed by atoms with Crippen molar-refractivity contribution in [3.63, 3.8) is 0 Å². The van der Waals surface area contributed by atoms with Gasteiger partial charge in [-0.25, -0.2) is 0 Å². The van der Waals surface area contributed by atoms with Crippen LogP contribution in [0.2, 0.25) is 0 Å². The van der Waals surface area contributed by atoms with Crippen LogP contribution in [0.4, 0.5) is 0 Å². The maximum Gasteiger partial charge on any atom is 0.0917 e. The number of thioether (sulfide) groups is 1. The minimum Gasteiger partial charge on any atom is -0.197 e. The third-order valence-electron chi connectivity index (χ3n) is 2.22. The predicted octanol–water partition coefficient (Wildman–Crippen LogP) is 3.53. The van der Waals surface area contributed by atoms with Crippen LogP contribution in [0.5, 0.6) is 0 Å². The van der Waals surface area contributed by atoms with Gasteiger partial charge in [0.05, 0.1) is 11.3 Å². The van der Waals surface area contributed by atoms with Crippen LogP contribution in [-0.4, -0.2) is 5.25 Å². The molecule has 0 saturated heterocycles. The summed E-state index contributed by atoms with van der Waals surface area (Å²) in [7, 11) is 0. The second kappa shape index (κ2) is 5.72. The van der Waals surface area contributed by atoms with E-state index in [2.05, 4.69) is 38.1 Å². The largest absolute Gasteiger partial charge is 0.197 e. The highest BCUT2D eigenvalue weighted by Crippen LogP contribution is 2.21. The average molecular weight is 205 g/mol. The normalized spacial score (nSPS) is 12.1. The van der Waals surface area contributed by atoms with E-state index >= 15 is 0 Å². The fourth-order valence-corrected chi connectivity index (χ4v) is 2.22. The van der Waals surface area contributed by atoms with Gasteiger partial charge in [-0.1, -0.05) is 31.2 Å². The fraction of sp³-hybridized carbons (Fsp3) is 0.417. The van der Waals surface area contributed by atoms with Crippen LogP contribution in [-0.2, 0) is 5.75 Å². The fourth-order valence-electron chi connectivity index (χ4n) is 1.21. The zero-order chi connectivity index (χ0) is 10.4. The summed E-state index contributed by atoms with van der Waals surface area (Å²) in [5.41, 5.74) is 2.65. The maximum absolute atomic E-state index is 8.80. The Morgan fingerprint density at radius 3 is 2.71 bits per heavy atom. The summed E-state index contributed by atoms with van der Waals surface area (Å²) >= 11 is 1.73. The van der Waals surface area contributed by atoms with Gasteiger partial charge in [-0.3, -0.25) is 0 Å². The summed E-state index contributed by atoms with van der Waals surface area (Å²) in [6, 6.07) is 10.6. The molecule has 1 nitrogen and oxygen atoms in total. The van der Waals surface area contributed by atoms with Crippen molar-refractivity contribution in [2.45, 2.75) is 31.3 Å². The molecule has 0 amide bonds. The van der Waals surface area contributed by atoms with Gasteiger partial charge >= 0.3 is 0 Å². The van der Waals surface area contributed by atoms with E-state index in [0.29, 0.717) is 0 Å². The summed E-state index contributed by atoms with van der Waals surface area (Å²) in [6.45, 7) is 4.17. The Balaban J connectivity index is 2.54. The number of hydrogen-bond donors (Lipinski definition) is 0. The zero-order valence-electron chi connectivity index (χ0n) is 8.66. The van der Waals surface area contributed by atoms with Crippen molar-refractivity contribution in [1.82, 2.24) is 0 Å². The molecular formula is C12H15NS. The van der Waals surface area contributed by atoms with E-state index in [1.165, 1.54) is 11.1 Å². The van der Waals surface area contributed by atoms with E-state index in [1.54, 1.807) is 11.8 Å². The van der Waals surface area contributed by atoms with Crippen LogP contribution < -0.4 is 0 Å². The second-order valence-corrected chi connectivity index (χ2v) is 4.45. The number of aryl methyl sites for hydroxylation is 1. The topological polar surface area (TPSA) is 23.8 Å². The van der Waals surface area contributed by atoms with Gasteiger partial charge < -0.3 is 0 Å². The van der Waals surface area contributed by atoms with Crippen LogP contribution in [0.1, 0.15) is 24.5 Å². The van der Waals surface area contributed by atoms with Gasteiger partial charge in [0.2, 0.25) is 0 Å². The molecule has 2 heteroatoms. The molecule has 0 spiro atoms. The van der Waals surface area contributed by atoms with Crippen LogP contribution in [0.3, 0.4) is 0 Å². The SMILES string of the molecule is CCC(C#N)SCc1ccccc1C. The number of nitriles is 1. The molecule has 1 aromatic rings. The van der Waals surface area contributed by atoms with Gasteiger partial charge in [-0.05, 0) is 24.5 Å². The molecule has 1 aromatic carbocycles. The van der Waals surface area contributed by atoms with E-state index < -0.39 is 0 Å². The van der Waals surface area contributed by atoms with E-state index in [4.69, 9.17) is 5.26 Å². The van der Waals surface area contributed by atoms with Crippen molar-refractivity contribution in [1.29, 1.82) is 5.26 Å². The first-order valence-electron chi connectivity index (χ1n) is 4.83. The van der Waals surface area contributed by atoms with Gasteiger partial charge in [0.15, 0.2) is 0 Å². The molecular weight excluding hydrogens is 190 g/mol. The highest BCUT2D eigenvalue weighted by Gasteiger charge is 2.05. The van der Waals surface area contributed by atoms with Crippen molar-refractivity contribution in [3.05, 3.63) is 35.4 Å². The highest BCUT2D eigenvalue weighted by molar-refractivity contribution is 7.99. The molecule has 0 aliphatic rings. The second-order valence-electron chi connectivity index (χ2n) is 3.26. The van der Waals surface area contributed by atoms with Crippen molar-refractivity contribution in [3.8, 4) is 6.07 Å². The van der Waals surface area contributed by atoms with Crippen LogP contribution in [0, 0.1) is 18.3 Å². The molecule has 0 saturated carbocycles. The van der Waals surface area contributed by atoms with Crippen LogP contribution in [0.15, 0.2) is 24.3 Å². The summed E-state index contributed by atoms with van der Waals surface area (Å²) in [5.74, 6) is 0.943. The number of hydrogen-bond acceptors (Lipinski definition) is 2. The lowest BCUT2D eigenvalue weighted by molar-refractivity contribution is 0.984. The van der Waals surface area contributed by atoms with E-state index in [9.17, 15) is 0 Å². The first-order chi connectivity index (χ1) is 6.77. The average Bonchev–Trinajstić information content (AvgIpc) is 2.22. The Labute approximate surface area is 90.1 Å². The zero-order valence-corrected chi connectivity index (χ0v) is 9.47. The molecule has 0 heterocycles. The minimum absolute atomic E-state index is 0.134. The lowest BCUT2D eigenvalue weighted by Crippen LogP contribution is -1.97. The lowest BCUT2D eigenvalue weighted by atomic mass is 10.1. The Morgan fingerprint density at radius 2 is 2.14 bits per heavy atom. The highest BCUT2D eigenvalue weighted by atomic mass is 32.2. The Morgan fingerprint density at radius 1 is 1.43 bits per heavy atom. The molecule has 0 fully saturated rings. The molecule has 1 rings (SSSR count). The summed E-state index contributed by atoms with van der Waals surface area (Å²) < 4.78 is 0. The predicted molar refractivity (Wildman–Crippen MR) is 62.2 cm³/mol. The first kappa shape index (κ1) is 11.1. The van der Waals surface area contributed by atoms with Crippen LogP contribution >= 0.6 is 11.8 Å². The number of benzene rings is 1. The van der Waals surface area contributed by atoms with Gasteiger partial charge in [0.25, 0.3) is 0 Å². The van der Waals surface area contributed by atoms with Crippen molar-refractivity contribution < 1.29 is 0 Å². The van der Waals surface area contributed by atoms with Crippen molar-refractivity contribution in [2.24, 2.45) is 0 Å². The van der Waals surface area contributed by atoms with E-state index in [-0.39, 0.29) is 5.25 Å². The standard InChI is InChI=1S/C12H15NS/c1-3-12(8-13)14-9-11-7-5-4-6-10(11)2/h4-7,12H,3,9H2,1-2H3. The third-order valence-corrected chi connectivity index (χ3v) is 3.53. The monoisotopic (exact) mass is 205 g/mol. The molecule has 1 atom stereocenters. The summed E-state index contributed by atoms with van der Waals surface area (Å²) in [5, 5.41) is 8.94. The van der Waals surface area contributed by atoms with Crippen LogP contribution in [0.25, 0.3) is 0 Å². The molecule has 0 aliphatic carbocycles. The Kier molecular flexibility index (Phi) is 4.55. The van der Waals surface area contributed by atoms with Gasteiger partial charge in [-0.2, -0.15) is 5.26 Å². The van der Waals surface area contributed by atoms with E-state index in [1.807, 2.05) is 6.07 Å². The lowest BCUT2D eigenvalue weighted by Gasteiger charge is -2.07. The molecule has 0 aromatic heterocycles. The Bertz CT molecular complexity index is 327. The molecule has 0 bridgehead atoms. The Hall–Kier alpha value is -0.940. The smallest absolute Gasteiger partial charge is 0.0917 e. The third kappa shape index (κ3) is 3.08. The van der Waals surface area contributed by atoms with Gasteiger partial charge in [-0.15, -0.1) is 11.8 Å². The van der Waals surface area contributed by atoms with E-state index in [0.717, 1.165) is 12.2 Å². The molecule has 0 radical (unpaired) electrons. The van der Waals surface area contributed by atoms with Crippen molar-refractivity contribution >= 4 is 11.8 Å². The number of rotatable bonds is 4.